The molecule has 16 heavy (non-hydrogen) atoms. The third kappa shape index (κ3) is 2.19. The smallest absolute Gasteiger partial charge is 0.132 e. The SMILES string of the molecule is CC(C)Oc1cc(N)nc2cc(Cl)ccc12. The molecule has 2 aromatic rings. The van der Waals surface area contributed by atoms with Gasteiger partial charge in [-0.15, -0.1) is 0 Å². The quantitative estimate of drug-likeness (QED) is 0.871. The molecule has 0 amide bonds. The number of aromatic nitrogens is 1. The van der Waals surface area contributed by atoms with Crippen molar-refractivity contribution in [1.29, 1.82) is 0 Å². The molecule has 0 fully saturated rings. The number of hydrogen-bond acceptors (Lipinski definition) is 3. The molecule has 0 radical (unpaired) electrons. The third-order valence-electron chi connectivity index (χ3n) is 2.12. The fourth-order valence-corrected chi connectivity index (χ4v) is 1.71. The predicted octanol–water partition coefficient (Wildman–Crippen LogP) is 3.26. The number of hydrogen-bond donors (Lipinski definition) is 1. The molecule has 0 aliphatic rings. The minimum absolute atomic E-state index is 0.0979. The van der Waals surface area contributed by atoms with Crippen molar-refractivity contribution in [2.45, 2.75) is 20.0 Å². The maximum Gasteiger partial charge on any atom is 0.132 e. The van der Waals surface area contributed by atoms with Crippen LogP contribution >= 0.6 is 11.6 Å². The number of benzene rings is 1. The molecular weight excluding hydrogens is 224 g/mol. The van der Waals surface area contributed by atoms with E-state index in [4.69, 9.17) is 22.1 Å². The van der Waals surface area contributed by atoms with Gasteiger partial charge in [0.2, 0.25) is 0 Å². The molecule has 1 heterocycles. The first-order valence-electron chi connectivity index (χ1n) is 5.08. The fourth-order valence-electron chi connectivity index (χ4n) is 1.54. The van der Waals surface area contributed by atoms with E-state index in [1.807, 2.05) is 26.0 Å². The summed E-state index contributed by atoms with van der Waals surface area (Å²) < 4.78 is 5.69. The van der Waals surface area contributed by atoms with Gasteiger partial charge in [-0.3, -0.25) is 0 Å². The Morgan fingerprint density at radius 3 is 2.75 bits per heavy atom. The Balaban J connectivity index is 2.63. The Morgan fingerprint density at radius 1 is 1.31 bits per heavy atom. The Morgan fingerprint density at radius 2 is 2.06 bits per heavy atom. The first-order valence-corrected chi connectivity index (χ1v) is 5.46. The second-order valence-electron chi connectivity index (χ2n) is 3.87. The van der Waals surface area contributed by atoms with Gasteiger partial charge in [0.05, 0.1) is 11.6 Å². The topological polar surface area (TPSA) is 48.1 Å². The lowest BCUT2D eigenvalue weighted by atomic mass is 10.2. The number of halogens is 1. The van der Waals surface area contributed by atoms with Crippen molar-refractivity contribution in [3.8, 4) is 5.75 Å². The first-order chi connectivity index (χ1) is 7.56. The van der Waals surface area contributed by atoms with Crippen LogP contribution in [0.5, 0.6) is 5.75 Å². The highest BCUT2D eigenvalue weighted by Crippen LogP contribution is 2.29. The average molecular weight is 237 g/mol. The van der Waals surface area contributed by atoms with E-state index in [1.165, 1.54) is 0 Å². The van der Waals surface area contributed by atoms with Gasteiger partial charge in [-0.25, -0.2) is 4.98 Å². The van der Waals surface area contributed by atoms with Gasteiger partial charge in [-0.05, 0) is 32.0 Å². The monoisotopic (exact) mass is 236 g/mol. The van der Waals surface area contributed by atoms with E-state index in [1.54, 1.807) is 12.1 Å². The maximum atomic E-state index is 5.91. The van der Waals surface area contributed by atoms with Gasteiger partial charge in [-0.2, -0.15) is 0 Å². The highest BCUT2D eigenvalue weighted by atomic mass is 35.5. The molecule has 0 aliphatic carbocycles. The number of pyridine rings is 1. The number of ether oxygens (including phenoxy) is 1. The molecule has 2 N–H and O–H groups in total. The summed E-state index contributed by atoms with van der Waals surface area (Å²) in [5.74, 6) is 1.18. The standard InChI is InChI=1S/C12H13ClN2O/c1-7(2)16-11-6-12(14)15-10-5-8(13)3-4-9(10)11/h3-7H,1-2H3,(H2,14,15). The highest BCUT2D eigenvalue weighted by Gasteiger charge is 2.07. The molecule has 0 spiro atoms. The predicted molar refractivity (Wildman–Crippen MR) is 66.9 cm³/mol. The summed E-state index contributed by atoms with van der Waals surface area (Å²) in [6.45, 7) is 3.94. The van der Waals surface area contributed by atoms with Crippen LogP contribution in [0.1, 0.15) is 13.8 Å². The van der Waals surface area contributed by atoms with E-state index in [0.717, 1.165) is 16.7 Å². The van der Waals surface area contributed by atoms with Crippen LogP contribution in [0.25, 0.3) is 10.9 Å². The van der Waals surface area contributed by atoms with Crippen molar-refractivity contribution in [3.05, 3.63) is 29.3 Å². The zero-order chi connectivity index (χ0) is 11.7. The van der Waals surface area contributed by atoms with E-state index in [-0.39, 0.29) is 6.10 Å². The van der Waals surface area contributed by atoms with Crippen LogP contribution in [0.3, 0.4) is 0 Å². The van der Waals surface area contributed by atoms with Crippen molar-refractivity contribution in [1.82, 2.24) is 4.98 Å². The summed E-state index contributed by atoms with van der Waals surface area (Å²) in [5, 5.41) is 1.56. The van der Waals surface area contributed by atoms with Crippen molar-refractivity contribution in [3.63, 3.8) is 0 Å². The molecular formula is C12H13ClN2O. The number of fused-ring (bicyclic) bond motifs is 1. The lowest BCUT2D eigenvalue weighted by Gasteiger charge is -2.12. The van der Waals surface area contributed by atoms with Crippen LogP contribution in [0.4, 0.5) is 5.82 Å². The van der Waals surface area contributed by atoms with Crippen molar-refractivity contribution in [2.75, 3.05) is 5.73 Å². The van der Waals surface area contributed by atoms with Crippen molar-refractivity contribution >= 4 is 28.3 Å². The van der Waals surface area contributed by atoms with Gasteiger partial charge in [0.25, 0.3) is 0 Å². The Labute approximate surface area is 99.2 Å². The molecule has 1 aromatic heterocycles. The number of nitrogens with two attached hydrogens (primary N) is 1. The Kier molecular flexibility index (Phi) is 2.88. The summed E-state index contributed by atoms with van der Waals surface area (Å²) in [7, 11) is 0. The maximum absolute atomic E-state index is 5.91. The van der Waals surface area contributed by atoms with E-state index < -0.39 is 0 Å². The minimum atomic E-state index is 0.0979. The average Bonchev–Trinajstić information content (AvgIpc) is 2.15. The van der Waals surface area contributed by atoms with Gasteiger partial charge in [0.15, 0.2) is 0 Å². The number of nitrogen functional groups attached to an aromatic ring is 1. The molecule has 84 valence electrons. The van der Waals surface area contributed by atoms with Gasteiger partial charge < -0.3 is 10.5 Å². The van der Waals surface area contributed by atoms with E-state index in [9.17, 15) is 0 Å². The van der Waals surface area contributed by atoms with E-state index in [2.05, 4.69) is 4.98 Å². The summed E-state index contributed by atoms with van der Waals surface area (Å²) in [4.78, 5) is 4.22. The third-order valence-corrected chi connectivity index (χ3v) is 2.35. The molecule has 0 atom stereocenters. The van der Waals surface area contributed by atoms with Crippen LogP contribution in [0.15, 0.2) is 24.3 Å². The molecule has 4 heteroatoms. The second-order valence-corrected chi connectivity index (χ2v) is 4.31. The largest absolute Gasteiger partial charge is 0.490 e. The number of rotatable bonds is 2. The van der Waals surface area contributed by atoms with Crippen molar-refractivity contribution < 1.29 is 4.74 Å². The normalized spacial score (nSPS) is 11.0. The van der Waals surface area contributed by atoms with Gasteiger partial charge >= 0.3 is 0 Å². The molecule has 3 nitrogen and oxygen atoms in total. The van der Waals surface area contributed by atoms with Crippen LogP contribution in [-0.4, -0.2) is 11.1 Å². The zero-order valence-corrected chi connectivity index (χ0v) is 9.95. The molecule has 0 unspecified atom stereocenters. The fraction of sp³-hybridized carbons (Fsp3) is 0.250. The van der Waals surface area contributed by atoms with Gasteiger partial charge in [-0.1, -0.05) is 11.6 Å². The molecule has 0 bridgehead atoms. The number of nitrogens with zero attached hydrogens (tertiary/aromatic N) is 1. The van der Waals surface area contributed by atoms with Gasteiger partial charge in [0, 0.05) is 16.5 Å². The van der Waals surface area contributed by atoms with Gasteiger partial charge in [0.1, 0.15) is 11.6 Å². The molecule has 0 saturated carbocycles. The molecule has 1 aromatic carbocycles. The second kappa shape index (κ2) is 4.18. The number of anilines is 1. The molecule has 2 rings (SSSR count). The summed E-state index contributed by atoms with van der Waals surface area (Å²) in [6, 6.07) is 7.22. The molecule has 0 aliphatic heterocycles. The van der Waals surface area contributed by atoms with E-state index in [0.29, 0.717) is 10.8 Å². The minimum Gasteiger partial charge on any atom is -0.490 e. The first kappa shape index (κ1) is 11.0. The van der Waals surface area contributed by atoms with Crippen molar-refractivity contribution in [2.24, 2.45) is 0 Å². The lowest BCUT2D eigenvalue weighted by Crippen LogP contribution is -2.06. The lowest BCUT2D eigenvalue weighted by molar-refractivity contribution is 0.245. The van der Waals surface area contributed by atoms with Crippen LogP contribution in [0.2, 0.25) is 5.02 Å². The van der Waals surface area contributed by atoms with E-state index >= 15 is 0 Å². The van der Waals surface area contributed by atoms with Crippen LogP contribution in [-0.2, 0) is 0 Å². The summed E-state index contributed by atoms with van der Waals surface area (Å²) >= 11 is 5.91. The zero-order valence-electron chi connectivity index (χ0n) is 9.20. The van der Waals surface area contributed by atoms with Crippen LogP contribution in [0, 0.1) is 0 Å². The molecule has 0 saturated heterocycles. The Bertz CT molecular complexity index is 520. The van der Waals surface area contributed by atoms with Crippen LogP contribution < -0.4 is 10.5 Å². The highest BCUT2D eigenvalue weighted by molar-refractivity contribution is 6.31. The Hall–Kier alpha value is -1.48. The summed E-state index contributed by atoms with van der Waals surface area (Å²) in [6.07, 6.45) is 0.0979. The summed E-state index contributed by atoms with van der Waals surface area (Å²) in [5.41, 5.74) is 6.47.